The highest BCUT2D eigenvalue weighted by Gasteiger charge is 2.10. The van der Waals surface area contributed by atoms with E-state index < -0.39 is 4.92 Å². The molecule has 6 nitrogen and oxygen atoms in total. The molecule has 0 radical (unpaired) electrons. The molecule has 0 aliphatic rings. The van der Waals surface area contributed by atoms with Crippen LogP contribution in [0.2, 0.25) is 0 Å². The summed E-state index contributed by atoms with van der Waals surface area (Å²) in [6.45, 7) is 3.65. The maximum atomic E-state index is 10.6. The Balaban J connectivity index is 2.25. The summed E-state index contributed by atoms with van der Waals surface area (Å²) < 4.78 is 0. The highest BCUT2D eigenvalue weighted by Crippen LogP contribution is 2.29. The van der Waals surface area contributed by atoms with Gasteiger partial charge in [0.1, 0.15) is 5.82 Å². The van der Waals surface area contributed by atoms with Gasteiger partial charge in [-0.25, -0.2) is 4.98 Å². The number of aromatic amines is 1. The highest BCUT2D eigenvalue weighted by atomic mass is 32.2. The minimum atomic E-state index is -0.404. The topological polar surface area (TPSA) is 84.7 Å². The first kappa shape index (κ1) is 11.6. The number of non-ortho nitro benzene ring substituents is 1. The first-order valence-electron chi connectivity index (χ1n) is 4.88. The average molecular weight is 250 g/mol. The molecule has 0 bridgehead atoms. The van der Waals surface area contributed by atoms with Crippen molar-refractivity contribution in [2.75, 3.05) is 0 Å². The van der Waals surface area contributed by atoms with Gasteiger partial charge in [0.25, 0.3) is 5.69 Å². The molecule has 0 saturated heterocycles. The van der Waals surface area contributed by atoms with Gasteiger partial charge in [0, 0.05) is 17.0 Å². The van der Waals surface area contributed by atoms with Crippen LogP contribution >= 0.6 is 11.8 Å². The number of rotatable bonds is 3. The van der Waals surface area contributed by atoms with Crippen molar-refractivity contribution in [3.05, 3.63) is 39.7 Å². The number of H-pyrrole nitrogens is 1. The number of nitrogens with one attached hydrogen (secondary N) is 1. The molecule has 0 aliphatic carbocycles. The van der Waals surface area contributed by atoms with Crippen LogP contribution in [0.1, 0.15) is 11.4 Å². The van der Waals surface area contributed by atoms with E-state index in [2.05, 4.69) is 15.2 Å². The number of nitro benzene ring substituents is 1. The standard InChI is InChI=1S/C10H10N4O2S/c1-6-5-8(14(15)16)3-4-9(6)17-10-11-7(2)12-13-10/h3-5H,1-2H3,(H,11,12,13). The molecule has 0 amide bonds. The molecule has 1 aromatic heterocycles. The van der Waals surface area contributed by atoms with E-state index in [0.29, 0.717) is 5.16 Å². The van der Waals surface area contributed by atoms with Gasteiger partial charge in [0.2, 0.25) is 5.16 Å². The van der Waals surface area contributed by atoms with Gasteiger partial charge in [0.15, 0.2) is 0 Å². The number of aryl methyl sites for hydroxylation is 2. The summed E-state index contributed by atoms with van der Waals surface area (Å²) in [6.07, 6.45) is 0. The van der Waals surface area contributed by atoms with Gasteiger partial charge in [-0.2, -0.15) is 0 Å². The summed E-state index contributed by atoms with van der Waals surface area (Å²) in [5, 5.41) is 18.0. The molecule has 0 spiro atoms. The van der Waals surface area contributed by atoms with Gasteiger partial charge < -0.3 is 0 Å². The monoisotopic (exact) mass is 250 g/mol. The van der Waals surface area contributed by atoms with E-state index in [1.165, 1.54) is 17.8 Å². The molecule has 1 aromatic carbocycles. The molecule has 0 atom stereocenters. The Labute approximate surface area is 102 Å². The van der Waals surface area contributed by atoms with Crippen LogP contribution in [0.4, 0.5) is 5.69 Å². The van der Waals surface area contributed by atoms with Crippen molar-refractivity contribution < 1.29 is 4.92 Å². The zero-order valence-electron chi connectivity index (χ0n) is 9.30. The van der Waals surface area contributed by atoms with E-state index >= 15 is 0 Å². The van der Waals surface area contributed by atoms with E-state index in [4.69, 9.17) is 0 Å². The average Bonchev–Trinajstić information content (AvgIpc) is 2.67. The lowest BCUT2D eigenvalue weighted by Crippen LogP contribution is -1.89. The second-order valence-corrected chi connectivity index (χ2v) is 4.52. The molecule has 0 fully saturated rings. The number of benzene rings is 1. The van der Waals surface area contributed by atoms with Crippen molar-refractivity contribution in [1.82, 2.24) is 15.2 Å². The third kappa shape index (κ3) is 2.62. The maximum absolute atomic E-state index is 10.6. The minimum absolute atomic E-state index is 0.0954. The molecule has 0 aliphatic heterocycles. The Hall–Kier alpha value is -1.89. The molecule has 2 rings (SSSR count). The number of aromatic nitrogens is 3. The van der Waals surface area contributed by atoms with Crippen LogP contribution in [-0.4, -0.2) is 20.1 Å². The maximum Gasteiger partial charge on any atom is 0.269 e. The lowest BCUT2D eigenvalue weighted by Gasteiger charge is -2.01. The molecular formula is C10H10N4O2S. The molecule has 88 valence electrons. The second kappa shape index (κ2) is 4.54. The first-order chi connectivity index (χ1) is 8.06. The zero-order chi connectivity index (χ0) is 12.4. The van der Waals surface area contributed by atoms with E-state index in [-0.39, 0.29) is 5.69 Å². The van der Waals surface area contributed by atoms with E-state index in [0.717, 1.165) is 16.3 Å². The Kier molecular flexibility index (Phi) is 3.10. The third-order valence-electron chi connectivity index (χ3n) is 2.15. The fourth-order valence-electron chi connectivity index (χ4n) is 1.33. The van der Waals surface area contributed by atoms with Crippen LogP contribution in [0.25, 0.3) is 0 Å². The summed E-state index contributed by atoms with van der Waals surface area (Å²) in [5.41, 5.74) is 0.935. The molecule has 0 unspecified atom stereocenters. The lowest BCUT2D eigenvalue weighted by atomic mass is 10.2. The molecule has 17 heavy (non-hydrogen) atoms. The third-order valence-corrected chi connectivity index (χ3v) is 3.19. The number of hydrogen-bond donors (Lipinski definition) is 1. The van der Waals surface area contributed by atoms with Gasteiger partial charge in [-0.3, -0.25) is 15.2 Å². The van der Waals surface area contributed by atoms with Crippen molar-refractivity contribution in [2.45, 2.75) is 23.9 Å². The zero-order valence-corrected chi connectivity index (χ0v) is 10.1. The van der Waals surface area contributed by atoms with Crippen LogP contribution < -0.4 is 0 Å². The molecule has 7 heteroatoms. The van der Waals surface area contributed by atoms with Gasteiger partial charge >= 0.3 is 0 Å². The summed E-state index contributed by atoms with van der Waals surface area (Å²) in [5.74, 6) is 0.743. The van der Waals surface area contributed by atoms with Crippen molar-refractivity contribution in [3.8, 4) is 0 Å². The summed E-state index contributed by atoms with van der Waals surface area (Å²) in [7, 11) is 0. The van der Waals surface area contributed by atoms with Crippen LogP contribution in [0, 0.1) is 24.0 Å². The Morgan fingerprint density at radius 1 is 1.41 bits per heavy atom. The van der Waals surface area contributed by atoms with Crippen LogP contribution in [0.3, 0.4) is 0 Å². The minimum Gasteiger partial charge on any atom is -0.262 e. The van der Waals surface area contributed by atoms with Crippen molar-refractivity contribution in [3.63, 3.8) is 0 Å². The molecule has 0 saturated carbocycles. The Morgan fingerprint density at radius 3 is 2.71 bits per heavy atom. The van der Waals surface area contributed by atoms with Crippen LogP contribution in [0.5, 0.6) is 0 Å². The predicted octanol–water partition coefficient (Wildman–Crippen LogP) is 2.48. The molecule has 1 N–H and O–H groups in total. The van der Waals surface area contributed by atoms with E-state index in [1.807, 2.05) is 13.8 Å². The molecule has 2 aromatic rings. The summed E-state index contributed by atoms with van der Waals surface area (Å²) >= 11 is 1.38. The van der Waals surface area contributed by atoms with Crippen molar-refractivity contribution >= 4 is 17.4 Å². The number of nitrogens with zero attached hydrogens (tertiary/aromatic N) is 3. The number of hydrogen-bond acceptors (Lipinski definition) is 5. The predicted molar refractivity (Wildman–Crippen MR) is 63.1 cm³/mol. The SMILES string of the molecule is Cc1nc(Sc2ccc([N+](=O)[O-])cc2C)n[nH]1. The van der Waals surface area contributed by atoms with E-state index in [9.17, 15) is 10.1 Å². The normalized spacial score (nSPS) is 10.5. The lowest BCUT2D eigenvalue weighted by molar-refractivity contribution is -0.385. The van der Waals surface area contributed by atoms with Crippen molar-refractivity contribution in [2.24, 2.45) is 0 Å². The highest BCUT2D eigenvalue weighted by molar-refractivity contribution is 7.99. The quantitative estimate of drug-likeness (QED) is 0.668. The largest absolute Gasteiger partial charge is 0.269 e. The molecule has 1 heterocycles. The summed E-state index contributed by atoms with van der Waals surface area (Å²) in [4.78, 5) is 15.3. The Morgan fingerprint density at radius 2 is 2.18 bits per heavy atom. The Bertz CT molecular complexity index is 567. The van der Waals surface area contributed by atoms with Crippen LogP contribution in [0.15, 0.2) is 28.3 Å². The van der Waals surface area contributed by atoms with E-state index in [1.54, 1.807) is 12.1 Å². The number of nitro groups is 1. The fraction of sp³-hybridized carbons (Fsp3) is 0.200. The molecular weight excluding hydrogens is 240 g/mol. The van der Waals surface area contributed by atoms with Crippen molar-refractivity contribution in [1.29, 1.82) is 0 Å². The summed E-state index contributed by atoms with van der Waals surface area (Å²) in [6, 6.07) is 4.74. The van der Waals surface area contributed by atoms with Gasteiger partial charge in [0.05, 0.1) is 4.92 Å². The first-order valence-corrected chi connectivity index (χ1v) is 5.70. The second-order valence-electron chi connectivity index (χ2n) is 3.51. The smallest absolute Gasteiger partial charge is 0.262 e. The van der Waals surface area contributed by atoms with Gasteiger partial charge in [-0.15, -0.1) is 5.10 Å². The van der Waals surface area contributed by atoms with Gasteiger partial charge in [-0.1, -0.05) is 0 Å². The van der Waals surface area contributed by atoms with Crippen LogP contribution in [-0.2, 0) is 0 Å². The fourth-order valence-corrected chi connectivity index (χ4v) is 2.15. The van der Waals surface area contributed by atoms with Gasteiger partial charge in [-0.05, 0) is 37.2 Å².